The lowest BCUT2D eigenvalue weighted by molar-refractivity contribution is 0.0781. The van der Waals surface area contributed by atoms with Crippen LogP contribution in [-0.4, -0.2) is 47.6 Å². The van der Waals surface area contributed by atoms with Crippen LogP contribution in [0.5, 0.6) is 0 Å². The molecule has 5 nitrogen and oxygen atoms in total. The molecule has 0 aliphatic carbocycles. The molecule has 0 bridgehead atoms. The molecule has 1 fully saturated rings. The van der Waals surface area contributed by atoms with Crippen LogP contribution in [0.25, 0.3) is 0 Å². The Labute approximate surface area is 111 Å². The smallest absolute Gasteiger partial charge is 0.407 e. The van der Waals surface area contributed by atoms with Crippen LogP contribution in [0.2, 0.25) is 0 Å². The first kappa shape index (κ1) is 12.0. The summed E-state index contributed by atoms with van der Waals surface area (Å²) < 4.78 is 0. The Bertz CT molecular complexity index is 547. The molecule has 100 valence electrons. The number of likely N-dealkylation sites (N-methyl/N-ethyl adjacent to an activating group) is 1. The first-order valence-corrected chi connectivity index (χ1v) is 6.42. The van der Waals surface area contributed by atoms with Crippen LogP contribution in [0.4, 0.5) is 10.5 Å². The Morgan fingerprint density at radius 3 is 2.47 bits per heavy atom. The molecule has 2 heterocycles. The van der Waals surface area contributed by atoms with Gasteiger partial charge in [-0.3, -0.25) is 4.79 Å². The van der Waals surface area contributed by atoms with Crippen LogP contribution >= 0.6 is 0 Å². The van der Waals surface area contributed by atoms with Gasteiger partial charge >= 0.3 is 6.09 Å². The van der Waals surface area contributed by atoms with E-state index in [0.29, 0.717) is 25.9 Å². The minimum absolute atomic E-state index is 0.135. The maximum absolute atomic E-state index is 12.7. The third kappa shape index (κ3) is 1.54. The molecule has 1 spiro atoms. The number of anilines is 1. The lowest BCUT2D eigenvalue weighted by Gasteiger charge is -2.42. The van der Waals surface area contributed by atoms with E-state index in [1.807, 2.05) is 36.2 Å². The molecule has 5 heteroatoms. The highest BCUT2D eigenvalue weighted by atomic mass is 16.4. The number of hydrogen-bond donors (Lipinski definition) is 1. The molecule has 3 rings (SSSR count). The standard InChI is InChI=1S/C14H16N2O3/c1-15-11-5-3-2-4-10(11)12(17)14(15)6-8-16(9-7-14)13(18)19/h2-5H,6-9H2,1H3,(H,18,19). The fourth-order valence-electron chi connectivity index (χ4n) is 3.22. The second kappa shape index (κ2) is 3.98. The van der Waals surface area contributed by atoms with Crippen LogP contribution in [-0.2, 0) is 0 Å². The third-order valence-electron chi connectivity index (χ3n) is 4.44. The van der Waals surface area contributed by atoms with E-state index in [1.165, 1.54) is 4.90 Å². The highest BCUT2D eigenvalue weighted by Gasteiger charge is 2.51. The van der Waals surface area contributed by atoms with E-state index in [0.717, 1.165) is 11.3 Å². The third-order valence-corrected chi connectivity index (χ3v) is 4.44. The summed E-state index contributed by atoms with van der Waals surface area (Å²) in [5.74, 6) is 0.135. The van der Waals surface area contributed by atoms with Crippen molar-refractivity contribution in [3.05, 3.63) is 29.8 Å². The van der Waals surface area contributed by atoms with Crippen molar-refractivity contribution >= 4 is 17.6 Å². The van der Waals surface area contributed by atoms with Gasteiger partial charge in [-0.05, 0) is 25.0 Å². The summed E-state index contributed by atoms with van der Waals surface area (Å²) in [6.07, 6.45) is 0.215. The van der Waals surface area contributed by atoms with Gasteiger partial charge in [0, 0.05) is 31.4 Å². The van der Waals surface area contributed by atoms with Crippen molar-refractivity contribution in [2.75, 3.05) is 25.0 Å². The van der Waals surface area contributed by atoms with Gasteiger partial charge in [0.25, 0.3) is 0 Å². The van der Waals surface area contributed by atoms with Gasteiger partial charge in [-0.15, -0.1) is 0 Å². The minimum Gasteiger partial charge on any atom is -0.465 e. The minimum atomic E-state index is -0.902. The quantitative estimate of drug-likeness (QED) is 0.773. The van der Waals surface area contributed by atoms with Gasteiger partial charge in [0.2, 0.25) is 0 Å². The molecule has 2 aliphatic rings. The maximum Gasteiger partial charge on any atom is 0.407 e. The van der Waals surface area contributed by atoms with Gasteiger partial charge in [0.05, 0.1) is 0 Å². The molecule has 0 saturated carbocycles. The Morgan fingerprint density at radius 2 is 1.89 bits per heavy atom. The summed E-state index contributed by atoms with van der Waals surface area (Å²) in [5, 5.41) is 9.00. The molecule has 0 unspecified atom stereocenters. The number of Topliss-reactive ketones (excluding diaryl/α,β-unsaturated/α-hetero) is 1. The number of nitrogens with zero attached hydrogens (tertiary/aromatic N) is 2. The van der Waals surface area contributed by atoms with Crippen molar-refractivity contribution in [3.8, 4) is 0 Å². The number of piperidine rings is 1. The number of carbonyl (C=O) groups is 2. The molecule has 1 aromatic carbocycles. The van der Waals surface area contributed by atoms with Gasteiger partial charge in [-0.2, -0.15) is 0 Å². The number of carboxylic acid groups (broad SMARTS) is 1. The highest BCUT2D eigenvalue weighted by Crippen LogP contribution is 2.43. The number of ketones is 1. The number of amides is 1. The van der Waals surface area contributed by atoms with E-state index >= 15 is 0 Å². The van der Waals surface area contributed by atoms with Gasteiger partial charge in [0.15, 0.2) is 5.78 Å². The first-order chi connectivity index (χ1) is 9.06. The van der Waals surface area contributed by atoms with Crippen molar-refractivity contribution in [2.24, 2.45) is 0 Å². The monoisotopic (exact) mass is 260 g/mol. The number of hydrogen-bond acceptors (Lipinski definition) is 3. The van der Waals surface area contributed by atoms with E-state index in [-0.39, 0.29) is 5.78 Å². The summed E-state index contributed by atoms with van der Waals surface area (Å²) >= 11 is 0. The fourth-order valence-corrected chi connectivity index (χ4v) is 3.22. The van der Waals surface area contributed by atoms with Crippen molar-refractivity contribution < 1.29 is 14.7 Å². The van der Waals surface area contributed by atoms with Gasteiger partial charge in [-0.1, -0.05) is 12.1 Å². The van der Waals surface area contributed by atoms with Crippen LogP contribution in [0.15, 0.2) is 24.3 Å². The molecule has 0 aromatic heterocycles. The summed E-state index contributed by atoms with van der Waals surface area (Å²) in [5.41, 5.74) is 1.17. The van der Waals surface area contributed by atoms with Crippen LogP contribution in [0.1, 0.15) is 23.2 Å². The average Bonchev–Trinajstić information content (AvgIpc) is 2.63. The Kier molecular flexibility index (Phi) is 2.52. The Morgan fingerprint density at radius 1 is 1.26 bits per heavy atom. The van der Waals surface area contributed by atoms with Gasteiger partial charge in [0.1, 0.15) is 5.54 Å². The molecule has 0 radical (unpaired) electrons. The molecule has 19 heavy (non-hydrogen) atoms. The summed E-state index contributed by atoms with van der Waals surface area (Å²) in [6, 6.07) is 7.60. The predicted octanol–water partition coefficient (Wildman–Crippen LogP) is 1.83. The maximum atomic E-state index is 12.7. The molecule has 2 aliphatic heterocycles. The molecule has 1 N–H and O–H groups in total. The summed E-state index contributed by atoms with van der Waals surface area (Å²) in [4.78, 5) is 27.0. The van der Waals surface area contributed by atoms with Crippen LogP contribution in [0, 0.1) is 0 Å². The van der Waals surface area contributed by atoms with Crippen molar-refractivity contribution in [2.45, 2.75) is 18.4 Å². The normalized spacial score (nSPS) is 20.8. The van der Waals surface area contributed by atoms with E-state index in [9.17, 15) is 9.59 Å². The Hall–Kier alpha value is -2.04. The predicted molar refractivity (Wildman–Crippen MR) is 70.7 cm³/mol. The zero-order chi connectivity index (χ0) is 13.6. The highest BCUT2D eigenvalue weighted by molar-refractivity contribution is 6.14. The van der Waals surface area contributed by atoms with E-state index in [1.54, 1.807) is 0 Å². The molecule has 1 saturated heterocycles. The van der Waals surface area contributed by atoms with Crippen molar-refractivity contribution in [1.29, 1.82) is 0 Å². The van der Waals surface area contributed by atoms with Crippen molar-refractivity contribution in [3.63, 3.8) is 0 Å². The molecular formula is C14H16N2O3. The lowest BCUT2D eigenvalue weighted by Crippen LogP contribution is -2.56. The first-order valence-electron chi connectivity index (χ1n) is 6.42. The fraction of sp³-hybridized carbons (Fsp3) is 0.429. The second-order valence-corrected chi connectivity index (χ2v) is 5.21. The van der Waals surface area contributed by atoms with Crippen molar-refractivity contribution in [1.82, 2.24) is 4.90 Å². The SMILES string of the molecule is CN1c2ccccc2C(=O)C12CCN(C(=O)O)CC2. The number of benzene rings is 1. The van der Waals surface area contributed by atoms with E-state index < -0.39 is 11.6 Å². The molecular weight excluding hydrogens is 244 g/mol. The zero-order valence-electron chi connectivity index (χ0n) is 10.8. The van der Waals surface area contributed by atoms with E-state index in [2.05, 4.69) is 0 Å². The molecule has 1 aromatic rings. The largest absolute Gasteiger partial charge is 0.465 e. The topological polar surface area (TPSA) is 60.9 Å². The lowest BCUT2D eigenvalue weighted by atomic mass is 9.83. The number of fused-ring (bicyclic) bond motifs is 1. The Balaban J connectivity index is 1.92. The number of likely N-dealkylation sites (tertiary alicyclic amines) is 1. The number of rotatable bonds is 0. The van der Waals surface area contributed by atoms with Crippen LogP contribution < -0.4 is 4.90 Å². The summed E-state index contributed by atoms with van der Waals surface area (Å²) in [7, 11) is 1.93. The molecule has 0 atom stereocenters. The van der Waals surface area contributed by atoms with Gasteiger partial charge in [-0.25, -0.2) is 4.79 Å². The number of para-hydroxylation sites is 1. The average molecular weight is 260 g/mol. The summed E-state index contributed by atoms with van der Waals surface area (Å²) in [6.45, 7) is 0.832. The zero-order valence-corrected chi connectivity index (χ0v) is 10.8. The number of carbonyl (C=O) groups excluding carboxylic acids is 1. The van der Waals surface area contributed by atoms with Gasteiger partial charge < -0.3 is 14.9 Å². The van der Waals surface area contributed by atoms with Crippen LogP contribution in [0.3, 0.4) is 0 Å². The van der Waals surface area contributed by atoms with E-state index in [4.69, 9.17) is 5.11 Å². The second-order valence-electron chi connectivity index (χ2n) is 5.21. The molecule has 1 amide bonds.